The number of hydrogen-bond donors (Lipinski definition) is 2. The number of aliphatic hydroxyl groups excluding tert-OH is 1. The van der Waals surface area contributed by atoms with Gasteiger partial charge in [0.1, 0.15) is 0 Å². The third-order valence-corrected chi connectivity index (χ3v) is 3.36. The van der Waals surface area contributed by atoms with Crippen molar-refractivity contribution in [1.82, 2.24) is 10.2 Å². The Morgan fingerprint density at radius 1 is 1.50 bits per heavy atom. The van der Waals surface area contributed by atoms with Crippen LogP contribution in [0.5, 0.6) is 0 Å². The van der Waals surface area contributed by atoms with Gasteiger partial charge in [0.25, 0.3) is 0 Å². The lowest BCUT2D eigenvalue weighted by Crippen LogP contribution is -2.26. The first kappa shape index (κ1) is 6.66. The number of fused-ring (bicyclic) bond motifs is 4. The van der Waals surface area contributed by atoms with E-state index in [-0.39, 0.29) is 6.10 Å². The van der Waals surface area contributed by atoms with Crippen LogP contribution in [-0.2, 0) is 6.42 Å². The molecule has 2 N–H and O–H groups in total. The van der Waals surface area contributed by atoms with Gasteiger partial charge in [-0.2, -0.15) is 5.10 Å². The van der Waals surface area contributed by atoms with Gasteiger partial charge in [0.15, 0.2) is 0 Å². The number of aliphatic hydroxyl groups is 1. The van der Waals surface area contributed by atoms with E-state index in [0.717, 1.165) is 12.8 Å². The molecule has 3 heteroatoms. The molecule has 2 aliphatic rings. The maximum Gasteiger partial charge on any atom is 0.0641 e. The number of H-pyrrole nitrogens is 1. The highest BCUT2D eigenvalue weighted by atomic mass is 16.3. The summed E-state index contributed by atoms with van der Waals surface area (Å²) >= 11 is 0. The molecule has 2 aliphatic carbocycles. The summed E-state index contributed by atoms with van der Waals surface area (Å²) in [4.78, 5) is 0. The molecule has 0 amide bonds. The highest BCUT2D eigenvalue weighted by Gasteiger charge is 2.41. The zero-order chi connectivity index (χ0) is 8.13. The smallest absolute Gasteiger partial charge is 0.0641 e. The molecular formula is C9H12N2O. The monoisotopic (exact) mass is 164 g/mol. The van der Waals surface area contributed by atoms with Crippen molar-refractivity contribution in [2.45, 2.75) is 31.3 Å². The first-order chi connectivity index (χ1) is 5.86. The Labute approximate surface area is 70.8 Å². The minimum absolute atomic E-state index is 0.102. The second kappa shape index (κ2) is 2.10. The SMILES string of the molecule is O[C@H]1[C@H]2CC[C@H]1c1cn[nH]c1C2. The van der Waals surface area contributed by atoms with Crippen LogP contribution < -0.4 is 0 Å². The van der Waals surface area contributed by atoms with Gasteiger partial charge in [-0.3, -0.25) is 5.10 Å². The van der Waals surface area contributed by atoms with Crippen LogP contribution in [0.2, 0.25) is 0 Å². The summed E-state index contributed by atoms with van der Waals surface area (Å²) in [5.41, 5.74) is 2.52. The summed E-state index contributed by atoms with van der Waals surface area (Å²) in [5.74, 6) is 0.862. The molecule has 1 aromatic heterocycles. The summed E-state index contributed by atoms with van der Waals surface area (Å²) in [7, 11) is 0. The topological polar surface area (TPSA) is 48.9 Å². The molecule has 1 saturated carbocycles. The average Bonchev–Trinajstić information content (AvgIpc) is 2.59. The summed E-state index contributed by atoms with van der Waals surface area (Å²) in [5, 5.41) is 16.9. The van der Waals surface area contributed by atoms with Crippen molar-refractivity contribution in [2.24, 2.45) is 5.92 Å². The van der Waals surface area contributed by atoms with Crippen LogP contribution in [0.3, 0.4) is 0 Å². The van der Waals surface area contributed by atoms with Gasteiger partial charge in [-0.15, -0.1) is 0 Å². The fourth-order valence-electron chi connectivity index (χ4n) is 2.69. The molecule has 12 heavy (non-hydrogen) atoms. The summed E-state index contributed by atoms with van der Waals surface area (Å²) in [6, 6.07) is 0. The minimum atomic E-state index is -0.102. The molecule has 1 fully saturated rings. The maximum atomic E-state index is 9.83. The maximum absolute atomic E-state index is 9.83. The van der Waals surface area contributed by atoms with Gasteiger partial charge in [-0.05, 0) is 30.7 Å². The van der Waals surface area contributed by atoms with Crippen molar-refractivity contribution in [3.05, 3.63) is 17.5 Å². The lowest BCUT2D eigenvalue weighted by atomic mass is 9.85. The molecule has 1 heterocycles. The van der Waals surface area contributed by atoms with Crippen molar-refractivity contribution in [3.8, 4) is 0 Å². The van der Waals surface area contributed by atoms with Gasteiger partial charge < -0.3 is 5.11 Å². The van der Waals surface area contributed by atoms with Crippen LogP contribution in [0.25, 0.3) is 0 Å². The van der Waals surface area contributed by atoms with Gasteiger partial charge in [-0.25, -0.2) is 0 Å². The molecule has 2 bridgehead atoms. The van der Waals surface area contributed by atoms with Crippen molar-refractivity contribution >= 4 is 0 Å². The van der Waals surface area contributed by atoms with Crippen LogP contribution in [0.1, 0.15) is 30.0 Å². The molecule has 64 valence electrons. The highest BCUT2D eigenvalue weighted by molar-refractivity contribution is 5.29. The minimum Gasteiger partial charge on any atom is -0.392 e. The van der Waals surface area contributed by atoms with E-state index >= 15 is 0 Å². The lowest BCUT2D eigenvalue weighted by molar-refractivity contribution is 0.108. The molecule has 0 spiro atoms. The van der Waals surface area contributed by atoms with Crippen molar-refractivity contribution in [3.63, 3.8) is 0 Å². The van der Waals surface area contributed by atoms with Gasteiger partial charge in [-0.1, -0.05) is 0 Å². The van der Waals surface area contributed by atoms with Crippen molar-refractivity contribution in [2.75, 3.05) is 0 Å². The Morgan fingerprint density at radius 2 is 2.42 bits per heavy atom. The van der Waals surface area contributed by atoms with Gasteiger partial charge >= 0.3 is 0 Å². The number of nitrogens with zero attached hydrogens (tertiary/aromatic N) is 1. The summed E-state index contributed by atoms with van der Waals surface area (Å²) in [6.07, 6.45) is 5.08. The van der Waals surface area contributed by atoms with Gasteiger partial charge in [0.05, 0.1) is 12.3 Å². The van der Waals surface area contributed by atoms with Crippen molar-refractivity contribution < 1.29 is 5.11 Å². The van der Waals surface area contributed by atoms with E-state index in [2.05, 4.69) is 10.2 Å². The first-order valence-electron chi connectivity index (χ1n) is 4.56. The molecule has 1 aromatic rings. The molecule has 0 aliphatic heterocycles. The normalized spacial score (nSPS) is 38.2. The summed E-state index contributed by atoms with van der Waals surface area (Å²) in [6.45, 7) is 0. The second-order valence-electron chi connectivity index (χ2n) is 3.94. The van der Waals surface area contributed by atoms with E-state index in [1.165, 1.54) is 17.7 Å². The zero-order valence-corrected chi connectivity index (χ0v) is 6.83. The Bertz CT molecular complexity index is 307. The van der Waals surface area contributed by atoms with E-state index in [4.69, 9.17) is 0 Å². The van der Waals surface area contributed by atoms with Crippen LogP contribution in [0.4, 0.5) is 0 Å². The Balaban J connectivity index is 2.12. The van der Waals surface area contributed by atoms with Crippen LogP contribution in [0, 0.1) is 5.92 Å². The molecule has 3 nitrogen and oxygen atoms in total. The third kappa shape index (κ3) is 0.672. The van der Waals surface area contributed by atoms with Gasteiger partial charge in [0, 0.05) is 11.6 Å². The van der Waals surface area contributed by atoms with E-state index in [9.17, 15) is 5.11 Å². The van der Waals surface area contributed by atoms with E-state index in [1.54, 1.807) is 0 Å². The molecule has 0 radical (unpaired) electrons. The average molecular weight is 164 g/mol. The number of aromatic nitrogens is 2. The molecular weight excluding hydrogens is 152 g/mol. The number of rotatable bonds is 0. The van der Waals surface area contributed by atoms with Crippen molar-refractivity contribution in [1.29, 1.82) is 0 Å². The standard InChI is InChI=1S/C9H12N2O/c12-9-5-1-2-6(9)7-4-10-11-8(7)3-5/h4-6,9,12H,1-3H2,(H,10,11)/t5-,6-,9-/m0/s1. The second-order valence-corrected chi connectivity index (χ2v) is 3.94. The molecule has 0 saturated heterocycles. The number of nitrogens with one attached hydrogen (secondary N) is 1. The highest BCUT2D eigenvalue weighted by Crippen LogP contribution is 2.45. The van der Waals surface area contributed by atoms with E-state index in [1.807, 2.05) is 6.20 Å². The first-order valence-corrected chi connectivity index (χ1v) is 4.56. The summed E-state index contributed by atoms with van der Waals surface area (Å²) < 4.78 is 0. The third-order valence-electron chi connectivity index (χ3n) is 3.36. The Kier molecular flexibility index (Phi) is 1.17. The fraction of sp³-hybridized carbons (Fsp3) is 0.667. The van der Waals surface area contributed by atoms with Crippen LogP contribution in [-0.4, -0.2) is 21.4 Å². The fourth-order valence-corrected chi connectivity index (χ4v) is 2.69. The number of aromatic amines is 1. The lowest BCUT2D eigenvalue weighted by Gasteiger charge is -2.24. The zero-order valence-electron chi connectivity index (χ0n) is 6.83. The van der Waals surface area contributed by atoms with Gasteiger partial charge in [0.2, 0.25) is 0 Å². The van der Waals surface area contributed by atoms with Crippen LogP contribution >= 0.6 is 0 Å². The molecule has 0 aromatic carbocycles. The Morgan fingerprint density at radius 3 is 3.33 bits per heavy atom. The quantitative estimate of drug-likeness (QED) is 0.596. The number of hydrogen-bond acceptors (Lipinski definition) is 2. The Hall–Kier alpha value is -0.830. The molecule has 0 unspecified atom stereocenters. The van der Waals surface area contributed by atoms with Crippen LogP contribution in [0.15, 0.2) is 6.20 Å². The molecule has 3 rings (SSSR count). The van der Waals surface area contributed by atoms with E-state index in [0.29, 0.717) is 11.8 Å². The molecule has 3 atom stereocenters. The van der Waals surface area contributed by atoms with E-state index < -0.39 is 0 Å². The predicted octanol–water partition coefficient (Wildman–Crippen LogP) is 0.820. The predicted molar refractivity (Wildman–Crippen MR) is 43.8 cm³/mol. The largest absolute Gasteiger partial charge is 0.392 e.